The monoisotopic (exact) mass is 450 g/mol. The topological polar surface area (TPSA) is 102 Å². The Hall–Kier alpha value is -2.59. The molecule has 2 aromatic rings. The van der Waals surface area contributed by atoms with Crippen LogP contribution in [0, 0.1) is 0 Å². The molecule has 0 saturated carbocycles. The second-order valence-electron chi connectivity index (χ2n) is 7.26. The number of ether oxygens (including phenoxy) is 2. The number of nitrogens with one attached hydrogen (secondary N) is 1. The molecule has 0 spiro atoms. The molecule has 1 aliphatic carbocycles. The second kappa shape index (κ2) is 7.92. The predicted molar refractivity (Wildman–Crippen MR) is 114 cm³/mol. The molecule has 1 unspecified atom stereocenters. The summed E-state index contributed by atoms with van der Waals surface area (Å²) in [5.41, 5.74) is 1.72. The summed E-state index contributed by atoms with van der Waals surface area (Å²) in [6, 6.07) is 6.67. The van der Waals surface area contributed by atoms with Gasteiger partial charge in [0.1, 0.15) is 10.8 Å². The van der Waals surface area contributed by atoms with E-state index < -0.39 is 28.0 Å². The number of para-hydroxylation sites is 2. The lowest BCUT2D eigenvalue weighted by Gasteiger charge is -2.33. The van der Waals surface area contributed by atoms with Gasteiger partial charge in [0, 0.05) is 4.88 Å². The van der Waals surface area contributed by atoms with E-state index in [9.17, 15) is 18.0 Å². The van der Waals surface area contributed by atoms with Gasteiger partial charge in [0.15, 0.2) is 6.10 Å². The molecule has 0 fully saturated rings. The van der Waals surface area contributed by atoms with Crippen LogP contribution in [0.2, 0.25) is 0 Å². The van der Waals surface area contributed by atoms with Gasteiger partial charge in [-0.25, -0.2) is 13.2 Å². The number of esters is 1. The van der Waals surface area contributed by atoms with Crippen LogP contribution in [0.5, 0.6) is 5.75 Å². The van der Waals surface area contributed by atoms with Crippen LogP contribution in [0.25, 0.3) is 0 Å². The summed E-state index contributed by atoms with van der Waals surface area (Å²) in [6.45, 7) is -0.152. The predicted octanol–water partition coefficient (Wildman–Crippen LogP) is 2.58. The van der Waals surface area contributed by atoms with Crippen molar-refractivity contribution >= 4 is 43.9 Å². The SMILES string of the molecule is COC(=O)c1c(NC(=O)C2CN(S(C)(=O)=O)c3ccccc3O2)sc2c1CCCC2. The van der Waals surface area contributed by atoms with Gasteiger partial charge in [-0.1, -0.05) is 12.1 Å². The van der Waals surface area contributed by atoms with Crippen molar-refractivity contribution < 1.29 is 27.5 Å². The smallest absolute Gasteiger partial charge is 0.341 e. The minimum absolute atomic E-state index is 0.152. The maximum atomic E-state index is 13.0. The number of nitrogens with zero attached hydrogens (tertiary/aromatic N) is 1. The third-order valence-corrected chi connectivity index (χ3v) is 7.58. The minimum Gasteiger partial charge on any atom is -0.476 e. The Morgan fingerprint density at radius 3 is 2.70 bits per heavy atom. The first-order chi connectivity index (χ1) is 14.3. The van der Waals surface area contributed by atoms with Gasteiger partial charge in [-0.05, 0) is 43.4 Å². The molecule has 160 valence electrons. The standard InChI is InChI=1S/C20H22N2O6S2/c1-27-20(24)17-12-7-3-6-10-16(12)29-19(17)21-18(23)15-11-22(30(2,25)26)13-8-4-5-9-14(13)28-15/h4-5,8-9,15H,3,6-7,10-11H2,1-2H3,(H,21,23). The Balaban J connectivity index is 1.64. The highest BCUT2D eigenvalue weighted by Gasteiger charge is 2.36. The van der Waals surface area contributed by atoms with E-state index in [1.54, 1.807) is 24.3 Å². The highest BCUT2D eigenvalue weighted by molar-refractivity contribution is 7.92. The minimum atomic E-state index is -3.60. The van der Waals surface area contributed by atoms with Crippen molar-refractivity contribution in [2.75, 3.05) is 29.5 Å². The molecule has 10 heteroatoms. The first-order valence-corrected chi connectivity index (χ1v) is 12.2. The average molecular weight is 451 g/mol. The zero-order valence-electron chi connectivity index (χ0n) is 16.6. The molecule has 1 aromatic carbocycles. The van der Waals surface area contributed by atoms with E-state index in [0.717, 1.165) is 46.7 Å². The van der Waals surface area contributed by atoms with Crippen molar-refractivity contribution in [2.24, 2.45) is 0 Å². The fourth-order valence-corrected chi connectivity index (χ4v) is 6.01. The lowest BCUT2D eigenvalue weighted by Crippen LogP contribution is -2.48. The van der Waals surface area contributed by atoms with Crippen LogP contribution >= 0.6 is 11.3 Å². The molecule has 2 heterocycles. The molecule has 0 radical (unpaired) electrons. The number of anilines is 2. The highest BCUT2D eigenvalue weighted by Crippen LogP contribution is 2.39. The molecule has 1 N–H and O–H groups in total. The van der Waals surface area contributed by atoms with Gasteiger partial charge < -0.3 is 14.8 Å². The quantitative estimate of drug-likeness (QED) is 0.719. The molecule has 1 aliphatic heterocycles. The largest absolute Gasteiger partial charge is 0.476 e. The molecule has 0 saturated heterocycles. The van der Waals surface area contributed by atoms with E-state index >= 15 is 0 Å². The summed E-state index contributed by atoms with van der Waals surface area (Å²) in [6.07, 6.45) is 3.67. The van der Waals surface area contributed by atoms with Crippen LogP contribution < -0.4 is 14.4 Å². The zero-order valence-corrected chi connectivity index (χ0v) is 18.3. The molecule has 1 aromatic heterocycles. The van der Waals surface area contributed by atoms with Crippen LogP contribution in [0.3, 0.4) is 0 Å². The molecular formula is C20H22N2O6S2. The van der Waals surface area contributed by atoms with Gasteiger partial charge >= 0.3 is 5.97 Å². The van der Waals surface area contributed by atoms with E-state index in [2.05, 4.69) is 5.32 Å². The molecule has 8 nitrogen and oxygen atoms in total. The number of hydrogen-bond acceptors (Lipinski definition) is 7. The number of carbonyl (C=O) groups excluding carboxylic acids is 2. The Bertz CT molecular complexity index is 1110. The number of amides is 1. The number of aryl methyl sites for hydroxylation is 1. The summed E-state index contributed by atoms with van der Waals surface area (Å²) < 4.78 is 36.4. The van der Waals surface area contributed by atoms with E-state index in [1.165, 1.54) is 18.4 Å². The number of thiophene rings is 1. The van der Waals surface area contributed by atoms with Crippen molar-refractivity contribution in [3.8, 4) is 5.75 Å². The Morgan fingerprint density at radius 2 is 1.97 bits per heavy atom. The molecular weight excluding hydrogens is 428 g/mol. The summed E-state index contributed by atoms with van der Waals surface area (Å²) in [4.78, 5) is 26.5. The third-order valence-electron chi connectivity index (χ3n) is 5.23. The summed E-state index contributed by atoms with van der Waals surface area (Å²) in [7, 11) is -2.29. The van der Waals surface area contributed by atoms with Crippen LogP contribution in [0.15, 0.2) is 24.3 Å². The lowest BCUT2D eigenvalue weighted by atomic mass is 9.95. The van der Waals surface area contributed by atoms with Gasteiger partial charge in [-0.3, -0.25) is 9.10 Å². The van der Waals surface area contributed by atoms with Crippen LogP contribution in [-0.2, 0) is 32.4 Å². The van der Waals surface area contributed by atoms with E-state index in [-0.39, 0.29) is 6.54 Å². The van der Waals surface area contributed by atoms with Crippen molar-refractivity contribution in [1.82, 2.24) is 0 Å². The van der Waals surface area contributed by atoms with Crippen molar-refractivity contribution in [3.63, 3.8) is 0 Å². The number of rotatable bonds is 4. The van der Waals surface area contributed by atoms with Gasteiger partial charge in [0.05, 0.1) is 31.2 Å². The number of benzene rings is 1. The Labute approximate surface area is 178 Å². The van der Waals surface area contributed by atoms with Crippen LogP contribution in [-0.4, -0.2) is 46.3 Å². The highest BCUT2D eigenvalue weighted by atomic mass is 32.2. The summed E-state index contributed by atoms with van der Waals surface area (Å²) in [5.74, 6) is -0.688. The number of sulfonamides is 1. The van der Waals surface area contributed by atoms with Crippen molar-refractivity contribution in [3.05, 3.63) is 40.3 Å². The first kappa shape index (κ1) is 20.7. The zero-order chi connectivity index (χ0) is 21.5. The number of carbonyl (C=O) groups is 2. The van der Waals surface area contributed by atoms with Gasteiger partial charge in [0.25, 0.3) is 5.91 Å². The Morgan fingerprint density at radius 1 is 1.23 bits per heavy atom. The van der Waals surface area contributed by atoms with Gasteiger partial charge in [0.2, 0.25) is 10.0 Å². The molecule has 1 amide bonds. The number of fused-ring (bicyclic) bond motifs is 2. The van der Waals surface area contributed by atoms with E-state index in [4.69, 9.17) is 9.47 Å². The van der Waals surface area contributed by atoms with Crippen LogP contribution in [0.4, 0.5) is 10.7 Å². The number of methoxy groups -OCH3 is 1. The number of hydrogen-bond donors (Lipinski definition) is 1. The fraction of sp³-hybridized carbons (Fsp3) is 0.400. The molecule has 1 atom stereocenters. The van der Waals surface area contributed by atoms with Gasteiger partial charge in [-0.15, -0.1) is 11.3 Å². The van der Waals surface area contributed by atoms with Crippen molar-refractivity contribution in [2.45, 2.75) is 31.8 Å². The maximum Gasteiger partial charge on any atom is 0.341 e. The second-order valence-corrected chi connectivity index (χ2v) is 10.3. The fourth-order valence-electron chi connectivity index (χ4n) is 3.82. The third kappa shape index (κ3) is 3.77. The van der Waals surface area contributed by atoms with Gasteiger partial charge in [-0.2, -0.15) is 0 Å². The summed E-state index contributed by atoms with van der Waals surface area (Å²) in [5, 5.41) is 3.21. The Kier molecular flexibility index (Phi) is 5.46. The first-order valence-electron chi connectivity index (χ1n) is 9.56. The van der Waals surface area contributed by atoms with E-state index in [0.29, 0.717) is 22.0 Å². The maximum absolute atomic E-state index is 13.0. The molecule has 4 rings (SSSR count). The molecule has 30 heavy (non-hydrogen) atoms. The normalized spacial score (nSPS) is 18.1. The lowest BCUT2D eigenvalue weighted by molar-refractivity contribution is -0.122. The molecule has 2 aliphatic rings. The summed E-state index contributed by atoms with van der Waals surface area (Å²) >= 11 is 1.37. The van der Waals surface area contributed by atoms with E-state index in [1.807, 2.05) is 0 Å². The average Bonchev–Trinajstić information content (AvgIpc) is 3.09. The molecule has 0 bridgehead atoms. The van der Waals surface area contributed by atoms with Crippen molar-refractivity contribution in [1.29, 1.82) is 0 Å². The van der Waals surface area contributed by atoms with Crippen LogP contribution in [0.1, 0.15) is 33.6 Å².